The minimum Gasteiger partial charge on any atom is -0.394 e. The zero-order chi connectivity index (χ0) is 32.2. The normalized spacial score (nSPS) is 13.3. The molecule has 44 heavy (non-hydrogen) atoms. The average molecular weight is 620 g/mol. The summed E-state index contributed by atoms with van der Waals surface area (Å²) in [5.41, 5.74) is 0. The van der Waals surface area contributed by atoms with Gasteiger partial charge in [-0.3, -0.25) is 4.79 Å². The van der Waals surface area contributed by atoms with Crippen LogP contribution in [0.25, 0.3) is 0 Å². The molecular formula is C40H77NO3. The van der Waals surface area contributed by atoms with Gasteiger partial charge < -0.3 is 15.5 Å². The maximum atomic E-state index is 12.3. The van der Waals surface area contributed by atoms with E-state index >= 15 is 0 Å². The Morgan fingerprint density at radius 3 is 1.41 bits per heavy atom. The van der Waals surface area contributed by atoms with Crippen molar-refractivity contribution in [3.8, 4) is 0 Å². The lowest BCUT2D eigenvalue weighted by molar-refractivity contribution is -0.123. The van der Waals surface area contributed by atoms with E-state index in [4.69, 9.17) is 0 Å². The summed E-state index contributed by atoms with van der Waals surface area (Å²) in [7, 11) is 0. The fourth-order valence-corrected chi connectivity index (χ4v) is 5.92. The first-order valence-corrected chi connectivity index (χ1v) is 19.5. The second kappa shape index (κ2) is 36.3. The van der Waals surface area contributed by atoms with Gasteiger partial charge in [-0.2, -0.15) is 0 Å². The van der Waals surface area contributed by atoms with Crippen LogP contribution >= 0.6 is 0 Å². The summed E-state index contributed by atoms with van der Waals surface area (Å²) in [4.78, 5) is 12.3. The Morgan fingerprint density at radius 2 is 0.932 bits per heavy atom. The molecule has 0 saturated heterocycles. The molecule has 0 saturated carbocycles. The van der Waals surface area contributed by atoms with Crippen LogP contribution in [0.4, 0.5) is 0 Å². The molecule has 4 nitrogen and oxygen atoms in total. The summed E-state index contributed by atoms with van der Waals surface area (Å²) in [6, 6.07) is -0.537. The lowest BCUT2D eigenvalue weighted by Crippen LogP contribution is -2.45. The van der Waals surface area contributed by atoms with Gasteiger partial charge in [0, 0.05) is 6.42 Å². The first kappa shape index (κ1) is 42.9. The molecule has 1 amide bonds. The molecule has 0 spiro atoms. The molecule has 2 unspecified atom stereocenters. The standard InChI is InChI=1S/C40H77NO3/c1-3-5-7-9-11-13-15-17-19-20-22-24-26-28-30-32-34-36-40(44)41-38(37-42)39(43)35-33-31-29-27-25-23-21-18-16-14-12-10-8-6-4-2/h11,13,17,19,38-39,42-43H,3-10,12,14-16,18,20-37H2,1-2H3,(H,41,44)/b13-11-,19-17-. The zero-order valence-electron chi connectivity index (χ0n) is 29.7. The molecular weight excluding hydrogens is 542 g/mol. The third-order valence-corrected chi connectivity index (χ3v) is 8.97. The number of nitrogens with one attached hydrogen (secondary N) is 1. The highest BCUT2D eigenvalue weighted by atomic mass is 16.3. The fourth-order valence-electron chi connectivity index (χ4n) is 5.92. The van der Waals surface area contributed by atoms with E-state index in [0.717, 1.165) is 32.1 Å². The number of hydrogen-bond donors (Lipinski definition) is 3. The second-order valence-electron chi connectivity index (χ2n) is 13.4. The van der Waals surface area contributed by atoms with Gasteiger partial charge in [0.15, 0.2) is 0 Å². The topological polar surface area (TPSA) is 69.6 Å². The molecule has 0 rings (SSSR count). The van der Waals surface area contributed by atoms with Gasteiger partial charge in [-0.25, -0.2) is 0 Å². The molecule has 0 aliphatic carbocycles. The maximum absolute atomic E-state index is 12.3. The van der Waals surface area contributed by atoms with Crippen molar-refractivity contribution in [1.82, 2.24) is 5.32 Å². The van der Waals surface area contributed by atoms with Crippen LogP contribution in [0.5, 0.6) is 0 Å². The van der Waals surface area contributed by atoms with Gasteiger partial charge in [-0.1, -0.05) is 179 Å². The van der Waals surface area contributed by atoms with Crippen molar-refractivity contribution in [2.24, 2.45) is 0 Å². The predicted octanol–water partition coefficient (Wildman–Crippen LogP) is 11.7. The van der Waals surface area contributed by atoms with Crippen molar-refractivity contribution in [2.45, 2.75) is 219 Å². The van der Waals surface area contributed by atoms with Gasteiger partial charge in [-0.15, -0.1) is 0 Å². The summed E-state index contributed by atoms with van der Waals surface area (Å²) in [6.45, 7) is 4.33. The monoisotopic (exact) mass is 620 g/mol. The number of aliphatic hydroxyl groups excluding tert-OH is 2. The minimum atomic E-state index is -0.659. The minimum absolute atomic E-state index is 0.0396. The van der Waals surface area contributed by atoms with E-state index in [1.807, 2.05) is 0 Å². The number of unbranched alkanes of at least 4 members (excludes halogenated alkanes) is 24. The van der Waals surface area contributed by atoms with E-state index in [1.165, 1.54) is 148 Å². The van der Waals surface area contributed by atoms with Gasteiger partial charge in [0.05, 0.1) is 18.8 Å². The fraction of sp³-hybridized carbons (Fsp3) is 0.875. The van der Waals surface area contributed by atoms with Crippen molar-refractivity contribution in [1.29, 1.82) is 0 Å². The molecule has 0 aliphatic heterocycles. The smallest absolute Gasteiger partial charge is 0.220 e. The highest BCUT2D eigenvalue weighted by molar-refractivity contribution is 5.76. The van der Waals surface area contributed by atoms with Gasteiger partial charge in [0.1, 0.15) is 0 Å². The van der Waals surface area contributed by atoms with Crippen LogP contribution in [0.1, 0.15) is 206 Å². The number of allylic oxidation sites excluding steroid dienone is 4. The lowest BCUT2D eigenvalue weighted by Gasteiger charge is -2.22. The van der Waals surface area contributed by atoms with Gasteiger partial charge in [0.25, 0.3) is 0 Å². The Balaban J connectivity index is 3.56. The lowest BCUT2D eigenvalue weighted by atomic mass is 10.0. The highest BCUT2D eigenvalue weighted by Gasteiger charge is 2.19. The van der Waals surface area contributed by atoms with Gasteiger partial charge in [-0.05, 0) is 44.9 Å². The molecule has 0 radical (unpaired) electrons. The van der Waals surface area contributed by atoms with Gasteiger partial charge >= 0.3 is 0 Å². The van der Waals surface area contributed by atoms with Crippen molar-refractivity contribution >= 4 is 5.91 Å². The zero-order valence-corrected chi connectivity index (χ0v) is 29.7. The van der Waals surface area contributed by atoms with Crippen LogP contribution < -0.4 is 5.32 Å². The Kier molecular flexibility index (Phi) is 35.4. The van der Waals surface area contributed by atoms with E-state index < -0.39 is 12.1 Å². The van der Waals surface area contributed by atoms with Crippen LogP contribution in [0.15, 0.2) is 24.3 Å². The highest BCUT2D eigenvalue weighted by Crippen LogP contribution is 2.15. The number of rotatable bonds is 35. The van der Waals surface area contributed by atoms with E-state index in [9.17, 15) is 15.0 Å². The molecule has 0 heterocycles. The van der Waals surface area contributed by atoms with Gasteiger partial charge in [0.2, 0.25) is 5.91 Å². The predicted molar refractivity (Wildman–Crippen MR) is 193 cm³/mol. The SMILES string of the molecule is CCCCC/C=C\C/C=C\CCCCCCCCCC(=O)NC(CO)C(O)CCCCCCCCCCCCCCCCC. The molecule has 3 N–H and O–H groups in total. The van der Waals surface area contributed by atoms with Crippen LogP contribution in [0, 0.1) is 0 Å². The Labute approximate surface area is 275 Å². The third kappa shape index (κ3) is 32.3. The van der Waals surface area contributed by atoms with E-state index in [-0.39, 0.29) is 12.5 Å². The average Bonchev–Trinajstić information content (AvgIpc) is 3.03. The van der Waals surface area contributed by atoms with Crippen molar-refractivity contribution in [2.75, 3.05) is 6.61 Å². The second-order valence-corrected chi connectivity index (χ2v) is 13.4. The Bertz CT molecular complexity index is 632. The molecule has 0 aromatic carbocycles. The van der Waals surface area contributed by atoms with Crippen molar-refractivity contribution in [3.63, 3.8) is 0 Å². The molecule has 0 aromatic rings. The van der Waals surface area contributed by atoms with Crippen molar-refractivity contribution < 1.29 is 15.0 Å². The van der Waals surface area contributed by atoms with Crippen LogP contribution in [-0.2, 0) is 4.79 Å². The number of hydrogen-bond acceptors (Lipinski definition) is 3. The van der Waals surface area contributed by atoms with Crippen molar-refractivity contribution in [3.05, 3.63) is 24.3 Å². The summed E-state index contributed by atoms with van der Waals surface area (Å²) in [5.74, 6) is -0.0396. The largest absolute Gasteiger partial charge is 0.394 e. The summed E-state index contributed by atoms with van der Waals surface area (Å²) < 4.78 is 0. The van der Waals surface area contributed by atoms with Crippen LogP contribution in [0.2, 0.25) is 0 Å². The first-order chi connectivity index (χ1) is 21.7. The summed E-state index contributed by atoms with van der Waals surface area (Å²) in [5, 5.41) is 23.1. The maximum Gasteiger partial charge on any atom is 0.220 e. The van der Waals surface area contributed by atoms with Crippen LogP contribution in [-0.4, -0.2) is 34.9 Å². The summed E-state index contributed by atoms with van der Waals surface area (Å²) >= 11 is 0. The summed E-state index contributed by atoms with van der Waals surface area (Å²) in [6.07, 6.45) is 45.2. The first-order valence-electron chi connectivity index (χ1n) is 19.5. The third-order valence-electron chi connectivity index (χ3n) is 8.97. The molecule has 260 valence electrons. The molecule has 0 aliphatic rings. The Hall–Kier alpha value is -1.13. The molecule has 0 fully saturated rings. The van der Waals surface area contributed by atoms with E-state index in [0.29, 0.717) is 12.8 Å². The Morgan fingerprint density at radius 1 is 0.545 bits per heavy atom. The molecule has 0 bridgehead atoms. The van der Waals surface area contributed by atoms with Crippen LogP contribution in [0.3, 0.4) is 0 Å². The quantitative estimate of drug-likeness (QED) is 0.0488. The number of carbonyl (C=O) groups is 1. The molecule has 2 atom stereocenters. The molecule has 0 aromatic heterocycles. The number of carbonyl (C=O) groups excluding carboxylic acids is 1. The van der Waals surface area contributed by atoms with E-state index in [1.54, 1.807) is 0 Å². The molecule has 4 heteroatoms. The number of amides is 1. The number of aliphatic hydroxyl groups is 2. The van der Waals surface area contributed by atoms with E-state index in [2.05, 4.69) is 43.5 Å².